The molecule has 168 valence electrons. The summed E-state index contributed by atoms with van der Waals surface area (Å²) in [5, 5.41) is -0.406. The normalized spacial score (nSPS) is 14.7. The highest BCUT2D eigenvalue weighted by Crippen LogP contribution is 2.33. The number of halogens is 1. The SMILES string of the molecule is COC(=O)c1ccc(CN2C(=O)S/C(=C/c3ccc(OCc4ccc(Br)cc4)cc3)C2=O)o1. The van der Waals surface area contributed by atoms with E-state index in [-0.39, 0.29) is 12.3 Å². The van der Waals surface area contributed by atoms with Crippen molar-refractivity contribution in [3.63, 3.8) is 0 Å². The third kappa shape index (κ3) is 5.55. The third-order valence-electron chi connectivity index (χ3n) is 4.73. The molecule has 0 spiro atoms. The molecule has 1 aromatic heterocycles. The summed E-state index contributed by atoms with van der Waals surface area (Å²) in [4.78, 5) is 38.0. The van der Waals surface area contributed by atoms with Gasteiger partial charge < -0.3 is 13.9 Å². The van der Waals surface area contributed by atoms with E-state index in [2.05, 4.69) is 20.7 Å². The van der Waals surface area contributed by atoms with Crippen LogP contribution in [-0.4, -0.2) is 29.1 Å². The first-order valence-electron chi connectivity index (χ1n) is 9.82. The lowest BCUT2D eigenvalue weighted by Gasteiger charge is -2.10. The fraction of sp³-hybridized carbons (Fsp3) is 0.125. The van der Waals surface area contributed by atoms with Crippen LogP contribution in [0.3, 0.4) is 0 Å². The summed E-state index contributed by atoms with van der Waals surface area (Å²) < 4.78 is 16.7. The fourth-order valence-electron chi connectivity index (χ4n) is 3.02. The number of methoxy groups -OCH3 is 1. The number of thioether (sulfide) groups is 1. The summed E-state index contributed by atoms with van der Waals surface area (Å²) in [6.07, 6.45) is 1.66. The standard InChI is InChI=1S/C24H18BrNO6S/c1-30-23(28)20-11-10-19(32-20)13-26-22(27)21(33-24(26)29)12-15-4-8-18(9-5-15)31-14-16-2-6-17(25)7-3-16/h2-12H,13-14H2,1H3/b21-12+. The van der Waals surface area contributed by atoms with Crippen molar-refractivity contribution in [3.05, 3.63) is 92.7 Å². The summed E-state index contributed by atoms with van der Waals surface area (Å²) in [5.41, 5.74) is 1.81. The third-order valence-corrected chi connectivity index (χ3v) is 6.17. The van der Waals surface area contributed by atoms with E-state index < -0.39 is 17.1 Å². The quantitative estimate of drug-likeness (QED) is 0.290. The number of hydrogen-bond donors (Lipinski definition) is 0. The molecule has 1 aliphatic rings. The van der Waals surface area contributed by atoms with E-state index in [1.54, 1.807) is 6.08 Å². The van der Waals surface area contributed by atoms with Crippen LogP contribution in [0.4, 0.5) is 4.79 Å². The second kappa shape index (κ2) is 10.1. The van der Waals surface area contributed by atoms with Crippen molar-refractivity contribution in [3.8, 4) is 5.75 Å². The highest BCUT2D eigenvalue weighted by atomic mass is 79.9. The van der Waals surface area contributed by atoms with Crippen LogP contribution in [0.5, 0.6) is 5.75 Å². The molecule has 1 fully saturated rings. The van der Waals surface area contributed by atoms with E-state index in [4.69, 9.17) is 9.15 Å². The first-order valence-corrected chi connectivity index (χ1v) is 11.4. The van der Waals surface area contributed by atoms with Crippen molar-refractivity contribution in [1.82, 2.24) is 4.90 Å². The molecule has 0 atom stereocenters. The number of rotatable bonds is 7. The van der Waals surface area contributed by atoms with Gasteiger partial charge in [0.15, 0.2) is 0 Å². The van der Waals surface area contributed by atoms with Gasteiger partial charge in [0.1, 0.15) is 18.1 Å². The maximum absolute atomic E-state index is 12.7. The van der Waals surface area contributed by atoms with E-state index in [1.165, 1.54) is 19.2 Å². The zero-order valence-corrected chi connectivity index (χ0v) is 19.9. The average Bonchev–Trinajstić information content (AvgIpc) is 3.39. The lowest BCUT2D eigenvalue weighted by Crippen LogP contribution is -2.27. The predicted octanol–water partition coefficient (Wildman–Crippen LogP) is 5.64. The Labute approximate surface area is 202 Å². The number of esters is 1. The Hall–Kier alpha value is -3.30. The Morgan fingerprint density at radius 2 is 1.79 bits per heavy atom. The molecule has 2 amide bonds. The lowest BCUT2D eigenvalue weighted by molar-refractivity contribution is -0.123. The van der Waals surface area contributed by atoms with Gasteiger partial charge in [0, 0.05) is 4.47 Å². The molecule has 0 aliphatic carbocycles. The van der Waals surface area contributed by atoms with Gasteiger partial charge in [0.25, 0.3) is 11.1 Å². The number of furan rings is 1. The largest absolute Gasteiger partial charge is 0.489 e. The molecule has 2 heterocycles. The fourth-order valence-corrected chi connectivity index (χ4v) is 4.13. The Morgan fingerprint density at radius 3 is 2.48 bits per heavy atom. The van der Waals surface area contributed by atoms with E-state index in [9.17, 15) is 14.4 Å². The number of ether oxygens (including phenoxy) is 2. The molecular formula is C24H18BrNO6S. The second-order valence-electron chi connectivity index (χ2n) is 7.01. The van der Waals surface area contributed by atoms with E-state index in [1.807, 2.05) is 48.5 Å². The first kappa shape index (κ1) is 22.9. The summed E-state index contributed by atoms with van der Waals surface area (Å²) in [7, 11) is 1.24. The van der Waals surface area contributed by atoms with Gasteiger partial charge in [0.05, 0.1) is 18.6 Å². The molecule has 3 aromatic rings. The van der Waals surface area contributed by atoms with Gasteiger partial charge in [-0.05, 0) is 65.4 Å². The number of carbonyl (C=O) groups is 3. The van der Waals surface area contributed by atoms with Crippen LogP contribution in [0.1, 0.15) is 27.4 Å². The molecule has 0 radical (unpaired) electrons. The Morgan fingerprint density at radius 1 is 1.06 bits per heavy atom. The molecule has 0 saturated carbocycles. The summed E-state index contributed by atoms with van der Waals surface area (Å²) in [6, 6.07) is 18.1. The van der Waals surface area contributed by atoms with Crippen molar-refractivity contribution < 1.29 is 28.3 Å². The molecule has 2 aromatic carbocycles. The summed E-state index contributed by atoms with van der Waals surface area (Å²) >= 11 is 4.26. The molecule has 1 aliphatic heterocycles. The molecule has 33 heavy (non-hydrogen) atoms. The second-order valence-corrected chi connectivity index (χ2v) is 8.92. The van der Waals surface area contributed by atoms with E-state index >= 15 is 0 Å². The highest BCUT2D eigenvalue weighted by molar-refractivity contribution is 9.10. The zero-order valence-electron chi connectivity index (χ0n) is 17.4. The molecule has 7 nitrogen and oxygen atoms in total. The maximum Gasteiger partial charge on any atom is 0.373 e. The number of carbonyl (C=O) groups excluding carboxylic acids is 3. The minimum Gasteiger partial charge on any atom is -0.489 e. The van der Waals surface area contributed by atoms with Crippen LogP contribution < -0.4 is 4.74 Å². The Balaban J connectivity index is 1.39. The van der Waals surface area contributed by atoms with Crippen molar-refractivity contribution >= 4 is 50.9 Å². The number of hydrogen-bond acceptors (Lipinski definition) is 7. The van der Waals surface area contributed by atoms with E-state index in [0.29, 0.717) is 23.0 Å². The summed E-state index contributed by atoms with van der Waals surface area (Å²) in [6.45, 7) is 0.373. The Bertz CT molecular complexity index is 1220. The molecule has 4 rings (SSSR count). The molecule has 0 bridgehead atoms. The highest BCUT2D eigenvalue weighted by Gasteiger charge is 2.35. The lowest BCUT2D eigenvalue weighted by atomic mass is 10.2. The van der Waals surface area contributed by atoms with Crippen LogP contribution >= 0.6 is 27.7 Å². The van der Waals surface area contributed by atoms with Crippen LogP contribution in [0.15, 0.2) is 74.5 Å². The minimum absolute atomic E-state index is 0.0115. The van der Waals surface area contributed by atoms with Gasteiger partial charge in [-0.1, -0.05) is 40.2 Å². The van der Waals surface area contributed by atoms with Crippen LogP contribution in [0, 0.1) is 0 Å². The smallest absolute Gasteiger partial charge is 0.373 e. The van der Waals surface area contributed by atoms with Gasteiger partial charge in [-0.25, -0.2) is 4.79 Å². The van der Waals surface area contributed by atoms with E-state index in [0.717, 1.165) is 32.3 Å². The molecule has 0 unspecified atom stereocenters. The number of nitrogens with zero attached hydrogens (tertiary/aromatic N) is 1. The molecule has 9 heteroatoms. The van der Waals surface area contributed by atoms with Crippen molar-refractivity contribution in [2.75, 3.05) is 7.11 Å². The van der Waals surface area contributed by atoms with Gasteiger partial charge in [-0.3, -0.25) is 14.5 Å². The monoisotopic (exact) mass is 527 g/mol. The zero-order chi connectivity index (χ0) is 23.4. The molecule has 1 saturated heterocycles. The summed E-state index contributed by atoms with van der Waals surface area (Å²) in [5.74, 6) is -0.0257. The maximum atomic E-state index is 12.7. The van der Waals surface area contributed by atoms with Crippen LogP contribution in [-0.2, 0) is 22.7 Å². The van der Waals surface area contributed by atoms with Gasteiger partial charge in [-0.2, -0.15) is 0 Å². The minimum atomic E-state index is -0.625. The van der Waals surface area contributed by atoms with Gasteiger partial charge in [0.2, 0.25) is 5.76 Å². The van der Waals surface area contributed by atoms with Crippen LogP contribution in [0.2, 0.25) is 0 Å². The number of amides is 2. The first-order chi connectivity index (χ1) is 15.9. The van der Waals surface area contributed by atoms with Crippen molar-refractivity contribution in [1.29, 1.82) is 0 Å². The average molecular weight is 528 g/mol. The number of imide groups is 1. The van der Waals surface area contributed by atoms with Gasteiger partial charge >= 0.3 is 5.97 Å². The topological polar surface area (TPSA) is 86.0 Å². The Kier molecular flexibility index (Phi) is 7.00. The van der Waals surface area contributed by atoms with Crippen molar-refractivity contribution in [2.45, 2.75) is 13.2 Å². The predicted molar refractivity (Wildman–Crippen MR) is 126 cm³/mol. The molecule has 0 N–H and O–H groups in total. The van der Waals surface area contributed by atoms with Gasteiger partial charge in [-0.15, -0.1) is 0 Å². The molecular weight excluding hydrogens is 510 g/mol. The number of benzene rings is 2. The van der Waals surface area contributed by atoms with Crippen molar-refractivity contribution in [2.24, 2.45) is 0 Å². The van der Waals surface area contributed by atoms with Crippen LogP contribution in [0.25, 0.3) is 6.08 Å².